The van der Waals surface area contributed by atoms with Crippen LogP contribution in [0.5, 0.6) is 5.75 Å². The Kier molecular flexibility index (Phi) is 6.10. The molecule has 4 rings (SSSR count). The number of benzene rings is 2. The Morgan fingerprint density at radius 1 is 1.03 bits per heavy atom. The summed E-state index contributed by atoms with van der Waals surface area (Å²) in [7, 11) is 0. The Labute approximate surface area is 178 Å². The average Bonchev–Trinajstić information content (AvgIpc) is 3.21. The predicted octanol–water partition coefficient (Wildman–Crippen LogP) is 4.67. The number of aryl methyl sites for hydroxylation is 1. The van der Waals surface area contributed by atoms with E-state index in [9.17, 15) is 4.79 Å². The van der Waals surface area contributed by atoms with E-state index < -0.39 is 0 Å². The van der Waals surface area contributed by atoms with Gasteiger partial charge in [0.15, 0.2) is 5.82 Å². The summed E-state index contributed by atoms with van der Waals surface area (Å²) >= 11 is 1.48. The first-order valence-electron chi connectivity index (χ1n) is 9.46. The van der Waals surface area contributed by atoms with Gasteiger partial charge in [-0.2, -0.15) is 0 Å². The van der Waals surface area contributed by atoms with E-state index in [1.165, 1.54) is 16.9 Å². The van der Waals surface area contributed by atoms with Crippen molar-refractivity contribution >= 4 is 22.9 Å². The van der Waals surface area contributed by atoms with Gasteiger partial charge in [0.25, 0.3) is 0 Å². The SMILES string of the molecule is Cc1ccc(OCc2nc(CC(=O)Nc3cnc(-c4ccccc4)nc3)cs2)cc1. The molecule has 0 atom stereocenters. The van der Waals surface area contributed by atoms with Gasteiger partial charge in [0, 0.05) is 10.9 Å². The number of nitrogens with zero attached hydrogens (tertiary/aromatic N) is 3. The van der Waals surface area contributed by atoms with Crippen LogP contribution in [-0.2, 0) is 17.8 Å². The first kappa shape index (κ1) is 19.7. The van der Waals surface area contributed by atoms with E-state index in [1.54, 1.807) is 12.4 Å². The van der Waals surface area contributed by atoms with Gasteiger partial charge in [-0.05, 0) is 19.1 Å². The highest BCUT2D eigenvalue weighted by Gasteiger charge is 2.10. The fraction of sp³-hybridized carbons (Fsp3) is 0.130. The minimum atomic E-state index is -0.164. The summed E-state index contributed by atoms with van der Waals surface area (Å²) in [6, 6.07) is 17.6. The van der Waals surface area contributed by atoms with Gasteiger partial charge in [0.1, 0.15) is 17.4 Å². The van der Waals surface area contributed by atoms with Gasteiger partial charge in [-0.25, -0.2) is 15.0 Å². The number of hydrogen-bond acceptors (Lipinski definition) is 6. The molecule has 2 aromatic carbocycles. The molecule has 1 amide bonds. The number of aromatic nitrogens is 3. The zero-order chi connectivity index (χ0) is 20.8. The molecule has 2 aromatic heterocycles. The number of anilines is 1. The van der Waals surface area contributed by atoms with Gasteiger partial charge >= 0.3 is 0 Å². The minimum Gasteiger partial charge on any atom is -0.486 e. The number of carbonyl (C=O) groups is 1. The van der Waals surface area contributed by atoms with Crippen LogP contribution in [0.3, 0.4) is 0 Å². The van der Waals surface area contributed by atoms with Crippen LogP contribution < -0.4 is 10.1 Å². The van der Waals surface area contributed by atoms with E-state index in [-0.39, 0.29) is 12.3 Å². The van der Waals surface area contributed by atoms with Crippen molar-refractivity contribution < 1.29 is 9.53 Å². The number of rotatable bonds is 7. The van der Waals surface area contributed by atoms with Gasteiger partial charge in [-0.3, -0.25) is 4.79 Å². The molecule has 4 aromatic rings. The maximum atomic E-state index is 12.3. The van der Waals surface area contributed by atoms with Crippen molar-refractivity contribution in [1.82, 2.24) is 15.0 Å². The van der Waals surface area contributed by atoms with E-state index >= 15 is 0 Å². The van der Waals surface area contributed by atoms with Gasteiger partial charge < -0.3 is 10.1 Å². The van der Waals surface area contributed by atoms with Gasteiger partial charge in [0.2, 0.25) is 5.91 Å². The number of nitrogens with one attached hydrogen (secondary N) is 1. The largest absolute Gasteiger partial charge is 0.486 e. The molecule has 0 aliphatic rings. The predicted molar refractivity (Wildman–Crippen MR) is 117 cm³/mol. The highest BCUT2D eigenvalue weighted by atomic mass is 32.1. The molecule has 30 heavy (non-hydrogen) atoms. The lowest BCUT2D eigenvalue weighted by molar-refractivity contribution is -0.115. The van der Waals surface area contributed by atoms with Crippen LogP contribution in [0.25, 0.3) is 11.4 Å². The highest BCUT2D eigenvalue weighted by molar-refractivity contribution is 7.09. The number of hydrogen-bond donors (Lipinski definition) is 1. The third-order valence-electron chi connectivity index (χ3n) is 4.29. The van der Waals surface area contributed by atoms with Crippen molar-refractivity contribution in [2.45, 2.75) is 20.0 Å². The van der Waals surface area contributed by atoms with Crippen LogP contribution in [-0.4, -0.2) is 20.9 Å². The summed E-state index contributed by atoms with van der Waals surface area (Å²) in [6.45, 7) is 2.41. The van der Waals surface area contributed by atoms with Crippen LogP contribution in [0.2, 0.25) is 0 Å². The Morgan fingerprint density at radius 3 is 2.50 bits per heavy atom. The van der Waals surface area contributed by atoms with E-state index in [0.29, 0.717) is 23.8 Å². The lowest BCUT2D eigenvalue weighted by Crippen LogP contribution is -2.15. The molecule has 0 unspecified atom stereocenters. The average molecular weight is 417 g/mol. The Bertz CT molecular complexity index is 1110. The molecule has 150 valence electrons. The van der Waals surface area contributed by atoms with Crippen molar-refractivity contribution in [3.63, 3.8) is 0 Å². The van der Waals surface area contributed by atoms with Crippen molar-refractivity contribution in [2.24, 2.45) is 0 Å². The van der Waals surface area contributed by atoms with Crippen molar-refractivity contribution in [3.8, 4) is 17.1 Å². The number of thiazole rings is 1. The second-order valence-corrected chi connectivity index (χ2v) is 7.66. The molecule has 0 aliphatic heterocycles. The molecule has 0 saturated heterocycles. The maximum absolute atomic E-state index is 12.3. The summed E-state index contributed by atoms with van der Waals surface area (Å²) in [5, 5.41) is 5.52. The van der Waals surface area contributed by atoms with E-state index in [4.69, 9.17) is 4.74 Å². The monoisotopic (exact) mass is 416 g/mol. The standard InChI is InChI=1S/C23H20N4O2S/c1-16-7-9-20(10-8-16)29-14-22-27-18(15-30-22)11-21(28)26-19-12-24-23(25-13-19)17-5-3-2-4-6-17/h2-10,12-13,15H,11,14H2,1H3,(H,26,28). The zero-order valence-corrected chi connectivity index (χ0v) is 17.2. The van der Waals surface area contributed by atoms with Gasteiger partial charge in [-0.1, -0.05) is 48.0 Å². The lowest BCUT2D eigenvalue weighted by atomic mass is 10.2. The van der Waals surface area contributed by atoms with Crippen molar-refractivity contribution in [1.29, 1.82) is 0 Å². The number of amides is 1. The molecule has 7 heteroatoms. The summed E-state index contributed by atoms with van der Waals surface area (Å²) in [5.41, 5.74) is 3.38. The van der Waals surface area contributed by atoms with Gasteiger partial charge in [0.05, 0.1) is 30.2 Å². The molecule has 0 fully saturated rings. The normalized spacial score (nSPS) is 10.6. The topological polar surface area (TPSA) is 77.0 Å². The molecule has 1 N–H and O–H groups in total. The number of ether oxygens (including phenoxy) is 1. The molecule has 6 nitrogen and oxygen atoms in total. The van der Waals surface area contributed by atoms with Crippen molar-refractivity contribution in [2.75, 3.05) is 5.32 Å². The molecule has 0 bridgehead atoms. The van der Waals surface area contributed by atoms with E-state index in [2.05, 4.69) is 20.3 Å². The van der Waals surface area contributed by atoms with E-state index in [1.807, 2.05) is 66.9 Å². The molecule has 0 radical (unpaired) electrons. The number of carbonyl (C=O) groups excluding carboxylic acids is 1. The van der Waals surface area contributed by atoms with Crippen molar-refractivity contribution in [3.05, 3.63) is 88.6 Å². The molecule has 0 aliphatic carbocycles. The summed E-state index contributed by atoms with van der Waals surface area (Å²) in [4.78, 5) is 25.4. The van der Waals surface area contributed by atoms with Crippen LogP contribution >= 0.6 is 11.3 Å². The Hall–Kier alpha value is -3.58. The zero-order valence-electron chi connectivity index (χ0n) is 16.4. The molecule has 0 spiro atoms. The fourth-order valence-corrected chi connectivity index (χ4v) is 3.48. The Balaban J connectivity index is 1.29. The van der Waals surface area contributed by atoms with Gasteiger partial charge in [-0.15, -0.1) is 11.3 Å². The smallest absolute Gasteiger partial charge is 0.230 e. The fourth-order valence-electron chi connectivity index (χ4n) is 2.77. The maximum Gasteiger partial charge on any atom is 0.230 e. The summed E-state index contributed by atoms with van der Waals surface area (Å²) in [6.07, 6.45) is 3.39. The van der Waals surface area contributed by atoms with Crippen LogP contribution in [0.1, 0.15) is 16.3 Å². The molecular weight excluding hydrogens is 396 g/mol. The first-order valence-corrected chi connectivity index (χ1v) is 10.3. The van der Waals surface area contributed by atoms with Crippen LogP contribution in [0.4, 0.5) is 5.69 Å². The molecule has 2 heterocycles. The minimum absolute atomic E-state index is 0.164. The molecular formula is C23H20N4O2S. The lowest BCUT2D eigenvalue weighted by Gasteiger charge is -2.05. The highest BCUT2D eigenvalue weighted by Crippen LogP contribution is 2.17. The quantitative estimate of drug-likeness (QED) is 0.474. The van der Waals surface area contributed by atoms with Crippen LogP contribution in [0.15, 0.2) is 72.4 Å². The van der Waals surface area contributed by atoms with Crippen LogP contribution in [0, 0.1) is 6.92 Å². The third kappa shape index (κ3) is 5.27. The first-order chi connectivity index (χ1) is 14.7. The van der Waals surface area contributed by atoms with E-state index in [0.717, 1.165) is 16.3 Å². The summed E-state index contributed by atoms with van der Waals surface area (Å²) < 4.78 is 5.74. The third-order valence-corrected chi connectivity index (χ3v) is 5.16. The Morgan fingerprint density at radius 2 is 1.77 bits per heavy atom. The second-order valence-electron chi connectivity index (χ2n) is 6.72. The summed E-state index contributed by atoms with van der Waals surface area (Å²) in [5.74, 6) is 1.25. The second kappa shape index (κ2) is 9.28. The molecule has 0 saturated carbocycles.